The highest BCUT2D eigenvalue weighted by Crippen LogP contribution is 2.31. The maximum absolute atomic E-state index is 11.2. The molecule has 11 heavy (non-hydrogen) atoms. The van der Waals surface area contributed by atoms with Crippen molar-refractivity contribution in [2.75, 3.05) is 5.75 Å². The van der Waals surface area contributed by atoms with Crippen molar-refractivity contribution in [3.8, 4) is 0 Å². The predicted molar refractivity (Wildman–Crippen MR) is 48.3 cm³/mol. The number of carbonyl (C=O) groups is 1. The van der Waals surface area contributed by atoms with E-state index in [-0.39, 0.29) is 11.9 Å². The Morgan fingerprint density at radius 1 is 1.82 bits per heavy atom. The van der Waals surface area contributed by atoms with E-state index < -0.39 is 0 Å². The predicted octanol–water partition coefficient (Wildman–Crippen LogP) is 0.164. The van der Waals surface area contributed by atoms with E-state index in [0.717, 1.165) is 5.75 Å². The Bertz CT molecular complexity index is 231. The lowest BCUT2D eigenvalue weighted by Gasteiger charge is -2.18. The third kappa shape index (κ3) is 0.945. The minimum absolute atomic E-state index is 0.00231. The van der Waals surface area contributed by atoms with E-state index in [1.807, 2.05) is 4.90 Å². The van der Waals surface area contributed by atoms with Crippen molar-refractivity contribution in [2.45, 2.75) is 18.3 Å². The number of nitrogens with one attached hydrogen (secondary N) is 1. The van der Waals surface area contributed by atoms with Crippen LogP contribution in [0.3, 0.4) is 0 Å². The number of thiocarbonyl (C=S) groups is 1. The van der Waals surface area contributed by atoms with Crippen LogP contribution < -0.4 is 5.32 Å². The molecule has 60 valence electrons. The second-order valence-electron chi connectivity index (χ2n) is 2.65. The molecule has 2 aliphatic rings. The molecule has 0 aromatic carbocycles. The Hall–Kier alpha value is -0.290. The summed E-state index contributed by atoms with van der Waals surface area (Å²) in [7, 11) is 0. The molecule has 0 saturated carbocycles. The van der Waals surface area contributed by atoms with Gasteiger partial charge in [0.25, 0.3) is 0 Å². The maximum atomic E-state index is 11.2. The van der Waals surface area contributed by atoms with Gasteiger partial charge in [0.15, 0.2) is 5.11 Å². The number of hydrogen-bond donors (Lipinski definition) is 1. The zero-order valence-corrected chi connectivity index (χ0v) is 7.67. The van der Waals surface area contributed by atoms with E-state index in [1.165, 1.54) is 0 Å². The molecule has 1 N–H and O–H groups in total. The first-order valence-corrected chi connectivity index (χ1v) is 4.90. The molecule has 3 nitrogen and oxygen atoms in total. The summed E-state index contributed by atoms with van der Waals surface area (Å²) >= 11 is 6.77. The average Bonchev–Trinajstić information content (AvgIpc) is 2.41. The highest BCUT2D eigenvalue weighted by molar-refractivity contribution is 8.00. The third-order valence-corrected chi connectivity index (χ3v) is 3.52. The van der Waals surface area contributed by atoms with E-state index in [2.05, 4.69) is 12.2 Å². The summed E-state index contributed by atoms with van der Waals surface area (Å²) in [4.78, 5) is 13.1. The zero-order chi connectivity index (χ0) is 8.01. The molecule has 0 bridgehead atoms. The summed E-state index contributed by atoms with van der Waals surface area (Å²) < 4.78 is 0. The second kappa shape index (κ2) is 2.35. The van der Waals surface area contributed by atoms with Crippen LogP contribution in [0.4, 0.5) is 0 Å². The van der Waals surface area contributed by atoms with Crippen LogP contribution in [0, 0.1) is 0 Å². The van der Waals surface area contributed by atoms with Crippen LogP contribution in [0.25, 0.3) is 0 Å². The van der Waals surface area contributed by atoms with Gasteiger partial charge in [-0.25, -0.2) is 0 Å². The van der Waals surface area contributed by atoms with Crippen LogP contribution in [0.2, 0.25) is 0 Å². The lowest BCUT2D eigenvalue weighted by Crippen LogP contribution is -2.34. The molecule has 2 atom stereocenters. The number of hydrogen-bond acceptors (Lipinski definition) is 3. The fourth-order valence-electron chi connectivity index (χ4n) is 1.41. The van der Waals surface area contributed by atoms with E-state index >= 15 is 0 Å². The molecule has 2 saturated heterocycles. The van der Waals surface area contributed by atoms with Gasteiger partial charge in [0.05, 0.1) is 5.37 Å². The molecule has 2 rings (SSSR count). The van der Waals surface area contributed by atoms with Crippen molar-refractivity contribution >= 4 is 35.0 Å². The Kier molecular flexibility index (Phi) is 1.57. The standard InChI is InChI=1S/C6H8N2OS2/c1-3-8-4(2-11-3)5(9)7-6(8)10/h3-4H,2H2,1H3,(H,7,9,10)/t3?,4-/m0/s1. The number of rotatable bonds is 0. The van der Waals surface area contributed by atoms with Gasteiger partial charge in [-0.2, -0.15) is 0 Å². The van der Waals surface area contributed by atoms with Crippen molar-refractivity contribution in [1.82, 2.24) is 10.2 Å². The van der Waals surface area contributed by atoms with Gasteiger partial charge in [-0.1, -0.05) is 0 Å². The van der Waals surface area contributed by atoms with Crippen molar-refractivity contribution in [3.63, 3.8) is 0 Å². The summed E-state index contributed by atoms with van der Waals surface area (Å²) in [5.74, 6) is 0.930. The first kappa shape index (κ1) is 7.36. The van der Waals surface area contributed by atoms with Crippen molar-refractivity contribution < 1.29 is 4.79 Å². The molecule has 5 heteroatoms. The average molecular weight is 188 g/mol. The van der Waals surface area contributed by atoms with Gasteiger partial charge in [0.1, 0.15) is 6.04 Å². The van der Waals surface area contributed by atoms with E-state index in [0.29, 0.717) is 10.5 Å². The van der Waals surface area contributed by atoms with E-state index in [9.17, 15) is 4.79 Å². The normalized spacial score (nSPS) is 35.9. The molecule has 2 fully saturated rings. The van der Waals surface area contributed by atoms with Gasteiger partial charge in [0, 0.05) is 5.75 Å². The highest BCUT2D eigenvalue weighted by atomic mass is 32.2. The molecule has 0 radical (unpaired) electrons. The van der Waals surface area contributed by atoms with Gasteiger partial charge in [-0.3, -0.25) is 4.79 Å². The Balaban J connectivity index is 2.28. The SMILES string of the molecule is CC1SC[C@H]2C(=O)NC(=S)N12. The Morgan fingerprint density at radius 3 is 3.18 bits per heavy atom. The molecule has 0 spiro atoms. The lowest BCUT2D eigenvalue weighted by atomic mass is 10.3. The molecule has 1 amide bonds. The van der Waals surface area contributed by atoms with Gasteiger partial charge in [-0.15, -0.1) is 11.8 Å². The summed E-state index contributed by atoms with van der Waals surface area (Å²) in [6, 6.07) is 0.00231. The van der Waals surface area contributed by atoms with Crippen molar-refractivity contribution in [1.29, 1.82) is 0 Å². The maximum Gasteiger partial charge on any atom is 0.249 e. The summed E-state index contributed by atoms with van der Waals surface area (Å²) in [5.41, 5.74) is 0. The molecular weight excluding hydrogens is 180 g/mol. The smallest absolute Gasteiger partial charge is 0.249 e. The van der Waals surface area contributed by atoms with Crippen LogP contribution in [-0.2, 0) is 4.79 Å². The zero-order valence-electron chi connectivity index (χ0n) is 6.03. The minimum Gasteiger partial charge on any atom is -0.324 e. The minimum atomic E-state index is 0.00231. The van der Waals surface area contributed by atoms with Crippen LogP contribution in [0.15, 0.2) is 0 Å². The van der Waals surface area contributed by atoms with Crippen LogP contribution in [0.1, 0.15) is 6.92 Å². The first-order valence-electron chi connectivity index (χ1n) is 3.45. The lowest BCUT2D eigenvalue weighted by molar-refractivity contribution is -0.120. The highest BCUT2D eigenvalue weighted by Gasteiger charge is 2.43. The fraction of sp³-hybridized carbons (Fsp3) is 0.667. The van der Waals surface area contributed by atoms with Gasteiger partial charge < -0.3 is 10.2 Å². The number of carbonyl (C=O) groups excluding carboxylic acids is 1. The molecule has 0 aromatic rings. The number of thioether (sulfide) groups is 1. The molecule has 2 heterocycles. The molecular formula is C6H8N2OS2. The second-order valence-corrected chi connectivity index (χ2v) is 4.39. The summed E-state index contributed by atoms with van der Waals surface area (Å²) in [5, 5.41) is 3.60. The largest absolute Gasteiger partial charge is 0.324 e. The van der Waals surface area contributed by atoms with Gasteiger partial charge >= 0.3 is 0 Å². The fourth-order valence-corrected chi connectivity index (χ4v) is 3.04. The monoisotopic (exact) mass is 188 g/mol. The number of fused-ring (bicyclic) bond motifs is 1. The third-order valence-electron chi connectivity index (χ3n) is 1.99. The van der Waals surface area contributed by atoms with Crippen LogP contribution in [0.5, 0.6) is 0 Å². The molecule has 0 aromatic heterocycles. The summed E-state index contributed by atoms with van der Waals surface area (Å²) in [6.45, 7) is 2.07. The Labute approximate surface area is 74.5 Å². The van der Waals surface area contributed by atoms with Crippen molar-refractivity contribution in [3.05, 3.63) is 0 Å². The topological polar surface area (TPSA) is 32.3 Å². The quantitative estimate of drug-likeness (QED) is 0.549. The molecule has 2 aliphatic heterocycles. The van der Waals surface area contributed by atoms with Crippen LogP contribution >= 0.6 is 24.0 Å². The summed E-state index contributed by atoms with van der Waals surface area (Å²) in [6.07, 6.45) is 0. The Morgan fingerprint density at radius 2 is 2.55 bits per heavy atom. The number of nitrogens with zero attached hydrogens (tertiary/aromatic N) is 1. The van der Waals surface area contributed by atoms with Crippen LogP contribution in [-0.4, -0.2) is 33.1 Å². The molecule has 0 aliphatic carbocycles. The van der Waals surface area contributed by atoms with Gasteiger partial charge in [0.2, 0.25) is 5.91 Å². The first-order chi connectivity index (χ1) is 5.20. The van der Waals surface area contributed by atoms with E-state index in [4.69, 9.17) is 12.2 Å². The molecule has 1 unspecified atom stereocenters. The number of amides is 1. The van der Waals surface area contributed by atoms with Crippen molar-refractivity contribution in [2.24, 2.45) is 0 Å². The van der Waals surface area contributed by atoms with Gasteiger partial charge in [-0.05, 0) is 19.1 Å². The van der Waals surface area contributed by atoms with E-state index in [1.54, 1.807) is 11.8 Å².